The van der Waals surface area contributed by atoms with E-state index >= 15 is 0 Å². The molecule has 0 aliphatic rings. The largest absolute Gasteiger partial charge is 0.495 e. The first-order valence-electron chi connectivity index (χ1n) is 4.40. The van der Waals surface area contributed by atoms with Crippen LogP contribution in [0, 0.1) is 0 Å². The molecule has 0 aromatic carbocycles. The number of ether oxygens (including phenoxy) is 1. The highest BCUT2D eigenvalue weighted by Crippen LogP contribution is 2.16. The summed E-state index contributed by atoms with van der Waals surface area (Å²) >= 11 is 0. The minimum atomic E-state index is -0.285. The highest BCUT2D eigenvalue weighted by atomic mass is 16.5. The smallest absolute Gasteiger partial charge is 0.140 e. The number of rotatable bonds is 4. The van der Waals surface area contributed by atoms with E-state index < -0.39 is 0 Å². The van der Waals surface area contributed by atoms with Crippen molar-refractivity contribution >= 4 is 0 Å². The van der Waals surface area contributed by atoms with Crippen molar-refractivity contribution < 1.29 is 9.84 Å². The molecule has 72 valence electrons. The molecule has 0 fully saturated rings. The quantitative estimate of drug-likeness (QED) is 0.763. The zero-order valence-corrected chi connectivity index (χ0v) is 8.03. The molecule has 1 rings (SSSR count). The molecule has 0 unspecified atom stereocenters. The molecule has 3 nitrogen and oxygen atoms in total. The zero-order chi connectivity index (χ0) is 9.68. The Hall–Kier alpha value is -1.09. The van der Waals surface area contributed by atoms with Gasteiger partial charge in [0.05, 0.1) is 18.9 Å². The normalized spacial score (nSPS) is 12.5. The first kappa shape index (κ1) is 9.99. The highest BCUT2D eigenvalue weighted by molar-refractivity contribution is 5.26. The predicted molar refractivity (Wildman–Crippen MR) is 50.8 cm³/mol. The number of aromatic nitrogens is 1. The van der Waals surface area contributed by atoms with Gasteiger partial charge in [0, 0.05) is 6.20 Å². The van der Waals surface area contributed by atoms with Crippen LogP contribution in [0.5, 0.6) is 5.75 Å². The Balaban J connectivity index is 2.64. The summed E-state index contributed by atoms with van der Waals surface area (Å²) in [7, 11) is 1.63. The van der Waals surface area contributed by atoms with Crippen LogP contribution in [0.2, 0.25) is 0 Å². The highest BCUT2D eigenvalue weighted by Gasteiger charge is 2.04. The van der Waals surface area contributed by atoms with Gasteiger partial charge >= 0.3 is 0 Å². The second kappa shape index (κ2) is 4.82. The molecule has 13 heavy (non-hydrogen) atoms. The summed E-state index contributed by atoms with van der Waals surface area (Å²) in [5.41, 5.74) is 0.908. The van der Waals surface area contributed by atoms with Gasteiger partial charge in [-0.2, -0.15) is 0 Å². The van der Waals surface area contributed by atoms with Gasteiger partial charge in [-0.25, -0.2) is 0 Å². The topological polar surface area (TPSA) is 42.4 Å². The minimum absolute atomic E-state index is 0.285. The Morgan fingerprint density at radius 2 is 2.38 bits per heavy atom. The first-order chi connectivity index (χ1) is 6.24. The molecule has 1 atom stereocenters. The number of nitrogens with zero attached hydrogens (tertiary/aromatic N) is 1. The van der Waals surface area contributed by atoms with Gasteiger partial charge in [-0.05, 0) is 31.9 Å². The molecule has 0 aliphatic carbocycles. The van der Waals surface area contributed by atoms with E-state index in [0.29, 0.717) is 6.42 Å². The predicted octanol–water partition coefficient (Wildman–Crippen LogP) is 1.40. The maximum Gasteiger partial charge on any atom is 0.140 e. The van der Waals surface area contributed by atoms with Gasteiger partial charge in [0.15, 0.2) is 0 Å². The lowest BCUT2D eigenvalue weighted by Crippen LogP contribution is -2.03. The second-order valence-corrected chi connectivity index (χ2v) is 3.04. The molecular formula is C10H15NO2. The molecule has 3 heteroatoms. The number of hydrogen-bond donors (Lipinski definition) is 1. The average Bonchev–Trinajstić information content (AvgIpc) is 2.15. The van der Waals surface area contributed by atoms with Gasteiger partial charge in [0.2, 0.25) is 0 Å². The van der Waals surface area contributed by atoms with Crippen LogP contribution in [-0.2, 0) is 6.42 Å². The van der Waals surface area contributed by atoms with Crippen LogP contribution >= 0.6 is 0 Å². The summed E-state index contributed by atoms with van der Waals surface area (Å²) in [6.07, 6.45) is 2.92. The Kier molecular flexibility index (Phi) is 3.71. The third-order valence-corrected chi connectivity index (χ3v) is 1.87. The van der Waals surface area contributed by atoms with Crippen LogP contribution in [0.15, 0.2) is 18.3 Å². The minimum Gasteiger partial charge on any atom is -0.495 e. The SMILES string of the molecule is COc1cccnc1CC[C@H](C)O. The van der Waals surface area contributed by atoms with Gasteiger partial charge in [-0.15, -0.1) is 0 Å². The molecule has 1 heterocycles. The lowest BCUT2D eigenvalue weighted by Gasteiger charge is -2.07. The summed E-state index contributed by atoms with van der Waals surface area (Å²) < 4.78 is 5.13. The van der Waals surface area contributed by atoms with Gasteiger partial charge in [0.25, 0.3) is 0 Å². The third-order valence-electron chi connectivity index (χ3n) is 1.87. The molecular weight excluding hydrogens is 166 g/mol. The third kappa shape index (κ3) is 3.03. The van der Waals surface area contributed by atoms with Crippen LogP contribution in [0.1, 0.15) is 19.0 Å². The van der Waals surface area contributed by atoms with E-state index in [1.807, 2.05) is 12.1 Å². The van der Waals surface area contributed by atoms with E-state index in [9.17, 15) is 0 Å². The lowest BCUT2D eigenvalue weighted by atomic mass is 10.1. The number of aliphatic hydroxyl groups excluding tert-OH is 1. The Morgan fingerprint density at radius 1 is 1.62 bits per heavy atom. The van der Waals surface area contributed by atoms with E-state index in [1.54, 1.807) is 20.2 Å². The fraction of sp³-hybridized carbons (Fsp3) is 0.500. The average molecular weight is 181 g/mol. The van der Waals surface area contributed by atoms with Crippen LogP contribution in [-0.4, -0.2) is 23.3 Å². The van der Waals surface area contributed by atoms with Crippen LogP contribution in [0.25, 0.3) is 0 Å². The molecule has 1 aromatic rings. The van der Waals surface area contributed by atoms with E-state index in [4.69, 9.17) is 9.84 Å². The van der Waals surface area contributed by atoms with E-state index in [-0.39, 0.29) is 6.10 Å². The van der Waals surface area contributed by atoms with Crippen molar-refractivity contribution in [3.05, 3.63) is 24.0 Å². The van der Waals surface area contributed by atoms with Crippen LogP contribution < -0.4 is 4.74 Å². The van der Waals surface area contributed by atoms with Crippen molar-refractivity contribution in [3.8, 4) is 5.75 Å². The second-order valence-electron chi connectivity index (χ2n) is 3.04. The van der Waals surface area contributed by atoms with Crippen molar-refractivity contribution in [1.29, 1.82) is 0 Å². The van der Waals surface area contributed by atoms with Crippen molar-refractivity contribution in [2.75, 3.05) is 7.11 Å². The number of pyridine rings is 1. The summed E-state index contributed by atoms with van der Waals surface area (Å²) in [4.78, 5) is 4.19. The Morgan fingerprint density at radius 3 is 3.00 bits per heavy atom. The molecule has 1 N–H and O–H groups in total. The number of aryl methyl sites for hydroxylation is 1. The molecule has 0 bridgehead atoms. The van der Waals surface area contributed by atoms with Gasteiger partial charge in [0.1, 0.15) is 5.75 Å². The Labute approximate surface area is 78.4 Å². The zero-order valence-electron chi connectivity index (χ0n) is 8.03. The monoisotopic (exact) mass is 181 g/mol. The first-order valence-corrected chi connectivity index (χ1v) is 4.40. The van der Waals surface area contributed by atoms with Gasteiger partial charge < -0.3 is 9.84 Å². The van der Waals surface area contributed by atoms with Crippen LogP contribution in [0.3, 0.4) is 0 Å². The maximum atomic E-state index is 9.11. The summed E-state index contributed by atoms with van der Waals surface area (Å²) in [6, 6.07) is 3.72. The van der Waals surface area contributed by atoms with Crippen molar-refractivity contribution in [2.24, 2.45) is 0 Å². The summed E-state index contributed by atoms with van der Waals surface area (Å²) in [5.74, 6) is 0.795. The molecule has 0 saturated heterocycles. The van der Waals surface area contributed by atoms with E-state index in [0.717, 1.165) is 17.9 Å². The van der Waals surface area contributed by atoms with Crippen molar-refractivity contribution in [3.63, 3.8) is 0 Å². The number of methoxy groups -OCH3 is 1. The standard InChI is InChI=1S/C10H15NO2/c1-8(12)5-6-9-10(13-2)4-3-7-11-9/h3-4,7-8,12H,5-6H2,1-2H3/t8-/m0/s1. The van der Waals surface area contributed by atoms with Crippen LogP contribution in [0.4, 0.5) is 0 Å². The fourth-order valence-corrected chi connectivity index (χ4v) is 1.14. The fourth-order valence-electron chi connectivity index (χ4n) is 1.14. The van der Waals surface area contributed by atoms with Gasteiger partial charge in [-0.1, -0.05) is 0 Å². The summed E-state index contributed by atoms with van der Waals surface area (Å²) in [6.45, 7) is 1.77. The number of aliphatic hydroxyl groups is 1. The Bertz CT molecular complexity index is 261. The maximum absolute atomic E-state index is 9.11. The lowest BCUT2D eigenvalue weighted by molar-refractivity contribution is 0.184. The van der Waals surface area contributed by atoms with E-state index in [1.165, 1.54) is 0 Å². The molecule has 0 radical (unpaired) electrons. The van der Waals surface area contributed by atoms with Gasteiger partial charge in [-0.3, -0.25) is 4.98 Å². The number of hydrogen-bond acceptors (Lipinski definition) is 3. The molecule has 0 saturated carbocycles. The molecule has 0 amide bonds. The molecule has 0 aliphatic heterocycles. The van der Waals surface area contributed by atoms with E-state index in [2.05, 4.69) is 4.98 Å². The van der Waals surface area contributed by atoms with Crippen molar-refractivity contribution in [2.45, 2.75) is 25.9 Å². The molecule has 0 spiro atoms. The van der Waals surface area contributed by atoms with Crippen molar-refractivity contribution in [1.82, 2.24) is 4.98 Å². The summed E-state index contributed by atoms with van der Waals surface area (Å²) in [5, 5.41) is 9.11. The molecule has 1 aromatic heterocycles.